The zero-order chi connectivity index (χ0) is 13.8. The highest BCUT2D eigenvalue weighted by molar-refractivity contribution is 5.88. The van der Waals surface area contributed by atoms with Crippen molar-refractivity contribution in [2.45, 2.75) is 37.5 Å². The van der Waals surface area contributed by atoms with Crippen molar-refractivity contribution < 1.29 is 14.3 Å². The summed E-state index contributed by atoms with van der Waals surface area (Å²) in [5.74, 6) is -0.0946. The van der Waals surface area contributed by atoms with Crippen LogP contribution in [0.3, 0.4) is 0 Å². The van der Waals surface area contributed by atoms with Gasteiger partial charge in [-0.25, -0.2) is 9.78 Å². The first-order chi connectivity index (χ1) is 9.78. The molecule has 2 aliphatic rings. The molecule has 0 radical (unpaired) electrons. The van der Waals surface area contributed by atoms with Gasteiger partial charge in [0.25, 0.3) is 0 Å². The second-order valence-corrected chi connectivity index (χ2v) is 5.12. The van der Waals surface area contributed by atoms with E-state index in [1.165, 1.54) is 0 Å². The van der Waals surface area contributed by atoms with Gasteiger partial charge in [-0.2, -0.15) is 0 Å². The SMILES string of the molecule is O=C(Nc1ccccn1)N[C@@H]1CCCCC12OCCO2. The molecule has 3 rings (SSSR count). The van der Waals surface area contributed by atoms with Crippen LogP contribution in [0.25, 0.3) is 0 Å². The molecule has 1 saturated heterocycles. The van der Waals surface area contributed by atoms with Crippen molar-refractivity contribution in [2.75, 3.05) is 18.5 Å². The topological polar surface area (TPSA) is 72.5 Å². The summed E-state index contributed by atoms with van der Waals surface area (Å²) in [4.78, 5) is 16.1. The van der Waals surface area contributed by atoms with Crippen molar-refractivity contribution in [3.63, 3.8) is 0 Å². The van der Waals surface area contributed by atoms with Gasteiger partial charge in [-0.05, 0) is 25.0 Å². The number of nitrogens with one attached hydrogen (secondary N) is 2. The van der Waals surface area contributed by atoms with Crippen molar-refractivity contribution in [3.05, 3.63) is 24.4 Å². The first kappa shape index (κ1) is 13.3. The first-order valence-electron chi connectivity index (χ1n) is 7.05. The molecule has 2 fully saturated rings. The molecule has 0 aromatic carbocycles. The van der Waals surface area contributed by atoms with Crippen LogP contribution in [0.1, 0.15) is 25.7 Å². The smallest absolute Gasteiger partial charge is 0.320 e. The van der Waals surface area contributed by atoms with Crippen LogP contribution in [-0.4, -0.2) is 36.1 Å². The highest BCUT2D eigenvalue weighted by atomic mass is 16.7. The van der Waals surface area contributed by atoms with E-state index in [1.807, 2.05) is 6.07 Å². The van der Waals surface area contributed by atoms with E-state index in [0.717, 1.165) is 25.7 Å². The molecule has 1 aliphatic heterocycles. The number of hydrogen-bond acceptors (Lipinski definition) is 4. The van der Waals surface area contributed by atoms with E-state index < -0.39 is 5.79 Å². The summed E-state index contributed by atoms with van der Waals surface area (Å²) in [5, 5.41) is 5.68. The van der Waals surface area contributed by atoms with E-state index in [1.54, 1.807) is 18.3 Å². The molecule has 0 bridgehead atoms. The minimum Gasteiger partial charge on any atom is -0.346 e. The number of nitrogens with zero attached hydrogens (tertiary/aromatic N) is 1. The lowest BCUT2D eigenvalue weighted by atomic mass is 9.89. The second kappa shape index (κ2) is 5.76. The van der Waals surface area contributed by atoms with Gasteiger partial charge in [0.2, 0.25) is 0 Å². The predicted molar refractivity (Wildman–Crippen MR) is 73.3 cm³/mol. The minimum atomic E-state index is -0.625. The summed E-state index contributed by atoms with van der Waals surface area (Å²) < 4.78 is 11.5. The number of carbonyl (C=O) groups is 1. The number of pyridine rings is 1. The van der Waals surface area contributed by atoms with Gasteiger partial charge in [-0.15, -0.1) is 0 Å². The van der Waals surface area contributed by atoms with E-state index in [4.69, 9.17) is 9.47 Å². The molecule has 1 saturated carbocycles. The van der Waals surface area contributed by atoms with E-state index in [-0.39, 0.29) is 12.1 Å². The quantitative estimate of drug-likeness (QED) is 0.866. The minimum absolute atomic E-state index is 0.109. The van der Waals surface area contributed by atoms with Crippen molar-refractivity contribution in [1.82, 2.24) is 10.3 Å². The third-order valence-corrected chi connectivity index (χ3v) is 3.79. The molecular weight excluding hydrogens is 258 g/mol. The van der Waals surface area contributed by atoms with Gasteiger partial charge >= 0.3 is 6.03 Å². The van der Waals surface area contributed by atoms with Gasteiger partial charge in [-0.1, -0.05) is 12.5 Å². The molecule has 2 amide bonds. The Morgan fingerprint density at radius 2 is 2.15 bits per heavy atom. The molecule has 1 spiro atoms. The molecule has 1 atom stereocenters. The number of anilines is 1. The zero-order valence-electron chi connectivity index (χ0n) is 11.3. The molecule has 20 heavy (non-hydrogen) atoms. The number of ether oxygens (including phenoxy) is 2. The normalized spacial score (nSPS) is 24.5. The van der Waals surface area contributed by atoms with Gasteiger partial charge in [0.1, 0.15) is 5.82 Å². The number of carbonyl (C=O) groups excluding carboxylic acids is 1. The third kappa shape index (κ3) is 2.76. The number of urea groups is 1. The summed E-state index contributed by atoms with van der Waals surface area (Å²) in [6.07, 6.45) is 5.49. The van der Waals surface area contributed by atoms with Crippen LogP contribution in [-0.2, 0) is 9.47 Å². The van der Waals surface area contributed by atoms with Gasteiger partial charge in [0, 0.05) is 12.6 Å². The Hall–Kier alpha value is -1.66. The van der Waals surface area contributed by atoms with Gasteiger partial charge in [-0.3, -0.25) is 5.32 Å². The summed E-state index contributed by atoms with van der Waals surface area (Å²) in [7, 11) is 0. The van der Waals surface area contributed by atoms with Crippen LogP contribution in [0.4, 0.5) is 10.6 Å². The lowest BCUT2D eigenvalue weighted by Gasteiger charge is -2.39. The fraction of sp³-hybridized carbons (Fsp3) is 0.571. The fourth-order valence-electron chi connectivity index (χ4n) is 2.86. The Labute approximate surface area is 117 Å². The van der Waals surface area contributed by atoms with E-state index >= 15 is 0 Å². The summed E-state index contributed by atoms with van der Waals surface area (Å²) in [6.45, 7) is 1.19. The van der Waals surface area contributed by atoms with Crippen LogP contribution < -0.4 is 10.6 Å². The Morgan fingerprint density at radius 3 is 2.90 bits per heavy atom. The average Bonchev–Trinajstić information content (AvgIpc) is 2.92. The molecule has 1 aromatic heterocycles. The molecular formula is C14H19N3O3. The van der Waals surface area contributed by atoms with Gasteiger partial charge < -0.3 is 14.8 Å². The summed E-state index contributed by atoms with van der Waals surface area (Å²) in [6, 6.07) is 5.00. The Balaban J connectivity index is 1.62. The first-order valence-corrected chi connectivity index (χ1v) is 7.05. The van der Waals surface area contributed by atoms with E-state index in [2.05, 4.69) is 15.6 Å². The number of rotatable bonds is 2. The largest absolute Gasteiger partial charge is 0.346 e. The fourth-order valence-corrected chi connectivity index (χ4v) is 2.86. The molecule has 0 unspecified atom stereocenters. The average molecular weight is 277 g/mol. The molecule has 1 aromatic rings. The van der Waals surface area contributed by atoms with Crippen LogP contribution >= 0.6 is 0 Å². The lowest BCUT2D eigenvalue weighted by Crippen LogP contribution is -2.56. The Bertz CT molecular complexity index is 460. The third-order valence-electron chi connectivity index (χ3n) is 3.79. The highest BCUT2D eigenvalue weighted by Gasteiger charge is 2.46. The predicted octanol–water partition coefficient (Wildman–Crippen LogP) is 1.89. The lowest BCUT2D eigenvalue weighted by molar-refractivity contribution is -0.192. The second-order valence-electron chi connectivity index (χ2n) is 5.12. The van der Waals surface area contributed by atoms with Crippen molar-refractivity contribution in [1.29, 1.82) is 0 Å². The molecule has 1 aliphatic carbocycles. The number of aromatic nitrogens is 1. The van der Waals surface area contributed by atoms with Crippen molar-refractivity contribution in [2.24, 2.45) is 0 Å². The Morgan fingerprint density at radius 1 is 1.30 bits per heavy atom. The van der Waals surface area contributed by atoms with Gasteiger partial charge in [0.05, 0.1) is 19.3 Å². The van der Waals surface area contributed by atoms with Crippen LogP contribution in [0.2, 0.25) is 0 Å². The van der Waals surface area contributed by atoms with E-state index in [9.17, 15) is 4.79 Å². The zero-order valence-corrected chi connectivity index (χ0v) is 11.3. The summed E-state index contributed by atoms with van der Waals surface area (Å²) >= 11 is 0. The van der Waals surface area contributed by atoms with E-state index in [0.29, 0.717) is 19.0 Å². The maximum Gasteiger partial charge on any atom is 0.320 e. The summed E-state index contributed by atoms with van der Waals surface area (Å²) in [5.41, 5.74) is 0. The molecule has 2 N–H and O–H groups in total. The number of hydrogen-bond donors (Lipinski definition) is 2. The number of amides is 2. The van der Waals surface area contributed by atoms with Crippen molar-refractivity contribution >= 4 is 11.8 Å². The maximum atomic E-state index is 12.0. The standard InChI is InChI=1S/C14H19N3O3/c18-13(17-12-6-2-4-8-15-12)16-11-5-1-3-7-14(11)19-9-10-20-14/h2,4,6,8,11H,1,3,5,7,9-10H2,(H2,15,16,17,18)/t11-/m1/s1. The molecule has 6 heteroatoms. The Kier molecular flexibility index (Phi) is 3.84. The highest BCUT2D eigenvalue weighted by Crippen LogP contribution is 2.35. The molecule has 108 valence electrons. The van der Waals surface area contributed by atoms with Crippen LogP contribution in [0.5, 0.6) is 0 Å². The molecule has 6 nitrogen and oxygen atoms in total. The van der Waals surface area contributed by atoms with Gasteiger partial charge in [0.15, 0.2) is 5.79 Å². The van der Waals surface area contributed by atoms with Crippen molar-refractivity contribution in [3.8, 4) is 0 Å². The van der Waals surface area contributed by atoms with Crippen LogP contribution in [0, 0.1) is 0 Å². The maximum absolute atomic E-state index is 12.0. The van der Waals surface area contributed by atoms with Crippen LogP contribution in [0.15, 0.2) is 24.4 Å². The molecule has 2 heterocycles. The monoisotopic (exact) mass is 277 g/mol.